The molecule has 0 radical (unpaired) electrons. The zero-order valence-corrected chi connectivity index (χ0v) is 11.6. The number of benzene rings is 1. The van der Waals surface area contributed by atoms with E-state index in [1.54, 1.807) is 18.2 Å². The Morgan fingerprint density at radius 2 is 2.05 bits per heavy atom. The second-order valence-electron chi connectivity index (χ2n) is 4.55. The van der Waals surface area contributed by atoms with E-state index in [9.17, 15) is 13.2 Å². The number of anilines is 1. The molecule has 0 atom stereocenters. The number of nitrogens with two attached hydrogens (primary N) is 1. The molecule has 2 rings (SSSR count). The van der Waals surface area contributed by atoms with Gasteiger partial charge in [-0.2, -0.15) is 13.2 Å². The molecule has 1 saturated carbocycles. The predicted octanol–water partition coefficient (Wildman–Crippen LogP) is 3.26. The minimum atomic E-state index is -4.28. The third-order valence-corrected chi connectivity index (χ3v) is 3.39. The Labute approximate surface area is 117 Å². The second-order valence-corrected chi connectivity index (χ2v) is 5.47. The minimum Gasteiger partial charge on any atom is -0.384 e. The zero-order valence-electron chi connectivity index (χ0n) is 9.97. The molecular formula is C12H13BrF3N3. The number of nitrogens with one attached hydrogen (secondary N) is 1. The van der Waals surface area contributed by atoms with Gasteiger partial charge in [-0.05, 0) is 31.0 Å². The molecule has 3 N–H and O–H groups in total. The van der Waals surface area contributed by atoms with Gasteiger partial charge in [-0.1, -0.05) is 15.9 Å². The topological polar surface area (TPSA) is 53.1 Å². The Kier molecular flexibility index (Phi) is 3.75. The smallest absolute Gasteiger partial charge is 0.384 e. The third-order valence-electron chi connectivity index (χ3n) is 2.90. The van der Waals surface area contributed by atoms with E-state index in [1.807, 2.05) is 0 Å². The van der Waals surface area contributed by atoms with Crippen molar-refractivity contribution >= 4 is 27.5 Å². The van der Waals surface area contributed by atoms with Gasteiger partial charge in [0, 0.05) is 21.8 Å². The van der Waals surface area contributed by atoms with Crippen LogP contribution in [0.2, 0.25) is 0 Å². The quantitative estimate of drug-likeness (QED) is 0.655. The molecule has 0 heterocycles. The van der Waals surface area contributed by atoms with E-state index in [4.69, 9.17) is 11.1 Å². The molecule has 19 heavy (non-hydrogen) atoms. The lowest BCUT2D eigenvalue weighted by molar-refractivity contribution is -0.120. The lowest BCUT2D eigenvalue weighted by Gasteiger charge is -2.28. The Bertz CT molecular complexity index is 497. The summed E-state index contributed by atoms with van der Waals surface area (Å²) in [7, 11) is 0. The lowest BCUT2D eigenvalue weighted by atomic mass is 10.1. The van der Waals surface area contributed by atoms with Crippen LogP contribution in [0.1, 0.15) is 18.4 Å². The highest BCUT2D eigenvalue weighted by molar-refractivity contribution is 9.10. The molecule has 0 aliphatic heterocycles. The molecule has 1 aliphatic carbocycles. The van der Waals surface area contributed by atoms with Crippen molar-refractivity contribution in [1.82, 2.24) is 0 Å². The van der Waals surface area contributed by atoms with Gasteiger partial charge in [0.25, 0.3) is 0 Å². The number of hydrogen-bond acceptors (Lipinski definition) is 2. The molecule has 104 valence electrons. The van der Waals surface area contributed by atoms with Crippen LogP contribution in [-0.2, 0) is 0 Å². The fraction of sp³-hybridized carbons (Fsp3) is 0.417. The molecule has 0 saturated heterocycles. The van der Waals surface area contributed by atoms with E-state index >= 15 is 0 Å². The van der Waals surface area contributed by atoms with Crippen molar-refractivity contribution in [2.75, 3.05) is 11.4 Å². The number of hydrogen-bond donors (Lipinski definition) is 2. The molecule has 1 aromatic rings. The average Bonchev–Trinajstić information content (AvgIpc) is 3.07. The first kappa shape index (κ1) is 14.2. The maximum atomic E-state index is 12.7. The van der Waals surface area contributed by atoms with Crippen LogP contribution in [0, 0.1) is 5.41 Å². The maximum Gasteiger partial charge on any atom is 0.405 e. The van der Waals surface area contributed by atoms with Crippen molar-refractivity contribution in [1.29, 1.82) is 5.41 Å². The van der Waals surface area contributed by atoms with E-state index in [0.29, 0.717) is 15.7 Å². The Hall–Kier alpha value is -1.24. The van der Waals surface area contributed by atoms with Gasteiger partial charge in [0.15, 0.2) is 0 Å². The van der Waals surface area contributed by atoms with Crippen LogP contribution in [-0.4, -0.2) is 24.6 Å². The number of rotatable bonds is 4. The molecule has 1 aromatic carbocycles. The average molecular weight is 336 g/mol. The van der Waals surface area contributed by atoms with Crippen molar-refractivity contribution in [3.63, 3.8) is 0 Å². The van der Waals surface area contributed by atoms with Gasteiger partial charge in [-0.3, -0.25) is 5.41 Å². The van der Waals surface area contributed by atoms with Gasteiger partial charge >= 0.3 is 6.18 Å². The molecule has 1 aliphatic rings. The summed E-state index contributed by atoms with van der Waals surface area (Å²) in [5.41, 5.74) is 6.14. The Balaban J connectivity index is 2.40. The number of halogens is 4. The molecule has 0 bridgehead atoms. The van der Waals surface area contributed by atoms with Gasteiger partial charge < -0.3 is 10.6 Å². The van der Waals surface area contributed by atoms with Gasteiger partial charge in [-0.15, -0.1) is 0 Å². The maximum absolute atomic E-state index is 12.7. The van der Waals surface area contributed by atoms with Gasteiger partial charge in [0.1, 0.15) is 12.4 Å². The molecule has 0 unspecified atom stereocenters. The van der Waals surface area contributed by atoms with Crippen molar-refractivity contribution in [2.45, 2.75) is 25.1 Å². The van der Waals surface area contributed by atoms with Crippen LogP contribution in [0.3, 0.4) is 0 Å². The molecule has 7 heteroatoms. The first-order valence-electron chi connectivity index (χ1n) is 5.75. The standard InChI is InChI=1S/C12H13BrF3N3/c13-7-1-4-9(11(17)18)10(5-7)19(8-2-3-8)6-12(14,15)16/h1,4-5,8H,2-3,6H2,(H3,17,18). The summed E-state index contributed by atoms with van der Waals surface area (Å²) >= 11 is 3.24. The second kappa shape index (κ2) is 5.03. The van der Waals surface area contributed by atoms with Crippen molar-refractivity contribution in [2.24, 2.45) is 5.73 Å². The van der Waals surface area contributed by atoms with Gasteiger partial charge in [-0.25, -0.2) is 0 Å². The van der Waals surface area contributed by atoms with E-state index < -0.39 is 12.7 Å². The van der Waals surface area contributed by atoms with Crippen LogP contribution < -0.4 is 10.6 Å². The number of amidine groups is 1. The number of nitrogens with zero attached hydrogens (tertiary/aromatic N) is 1. The highest BCUT2D eigenvalue weighted by Gasteiger charge is 2.39. The number of nitrogen functional groups attached to an aromatic ring is 1. The van der Waals surface area contributed by atoms with Crippen LogP contribution in [0.15, 0.2) is 22.7 Å². The highest BCUT2D eigenvalue weighted by atomic mass is 79.9. The van der Waals surface area contributed by atoms with Crippen LogP contribution in [0.5, 0.6) is 0 Å². The fourth-order valence-corrected chi connectivity index (χ4v) is 2.31. The summed E-state index contributed by atoms with van der Waals surface area (Å²) in [4.78, 5) is 1.29. The van der Waals surface area contributed by atoms with Crippen molar-refractivity contribution in [3.05, 3.63) is 28.2 Å². The summed E-state index contributed by atoms with van der Waals surface area (Å²) in [5.74, 6) is -0.227. The summed E-state index contributed by atoms with van der Waals surface area (Å²) in [5, 5.41) is 7.49. The summed E-state index contributed by atoms with van der Waals surface area (Å²) in [6.07, 6.45) is -2.81. The van der Waals surface area contributed by atoms with Gasteiger partial charge in [0.05, 0.1) is 0 Å². The molecule has 1 fully saturated rings. The Morgan fingerprint density at radius 1 is 1.42 bits per heavy atom. The Morgan fingerprint density at radius 3 is 2.53 bits per heavy atom. The van der Waals surface area contributed by atoms with Crippen molar-refractivity contribution in [3.8, 4) is 0 Å². The van der Waals surface area contributed by atoms with Crippen molar-refractivity contribution < 1.29 is 13.2 Å². The molecule has 3 nitrogen and oxygen atoms in total. The van der Waals surface area contributed by atoms with Crippen LogP contribution in [0.25, 0.3) is 0 Å². The molecule has 0 spiro atoms. The summed E-state index contributed by atoms with van der Waals surface area (Å²) < 4.78 is 38.7. The van der Waals surface area contributed by atoms with Crippen LogP contribution in [0.4, 0.5) is 18.9 Å². The van der Waals surface area contributed by atoms with Gasteiger partial charge in [0.2, 0.25) is 0 Å². The monoisotopic (exact) mass is 335 g/mol. The lowest BCUT2D eigenvalue weighted by Crippen LogP contribution is -2.37. The van der Waals surface area contributed by atoms with E-state index in [-0.39, 0.29) is 11.9 Å². The first-order valence-corrected chi connectivity index (χ1v) is 6.54. The molecule has 0 aromatic heterocycles. The normalized spacial score (nSPS) is 15.4. The predicted molar refractivity (Wildman–Crippen MR) is 71.6 cm³/mol. The fourth-order valence-electron chi connectivity index (χ4n) is 1.96. The minimum absolute atomic E-state index is 0.117. The van der Waals surface area contributed by atoms with E-state index in [0.717, 1.165) is 12.8 Å². The highest BCUT2D eigenvalue weighted by Crippen LogP contribution is 2.37. The summed E-state index contributed by atoms with van der Waals surface area (Å²) in [6.45, 7) is -1.02. The number of alkyl halides is 3. The largest absolute Gasteiger partial charge is 0.405 e. The third kappa shape index (κ3) is 3.62. The van der Waals surface area contributed by atoms with Crippen LogP contribution >= 0.6 is 15.9 Å². The zero-order chi connectivity index (χ0) is 14.2. The SMILES string of the molecule is N=C(N)c1ccc(Br)cc1N(CC(F)(F)F)C1CC1. The summed E-state index contributed by atoms with van der Waals surface area (Å²) in [6, 6.07) is 4.70. The first-order chi connectivity index (χ1) is 8.78. The molecule has 0 amide bonds. The molecular weight excluding hydrogens is 323 g/mol. The van der Waals surface area contributed by atoms with E-state index in [2.05, 4.69) is 15.9 Å². The van der Waals surface area contributed by atoms with E-state index in [1.165, 1.54) is 4.90 Å².